The largest absolute Gasteiger partial charge is 0.454 e. The van der Waals surface area contributed by atoms with Crippen LogP contribution in [0.15, 0.2) is 18.2 Å². The van der Waals surface area contributed by atoms with Crippen molar-refractivity contribution < 1.29 is 9.47 Å². The smallest absolute Gasteiger partial charge is 0.231 e. The molecule has 0 aliphatic carbocycles. The normalized spacial score (nSPS) is 14.6. The summed E-state index contributed by atoms with van der Waals surface area (Å²) in [6.07, 6.45) is 0. The first-order chi connectivity index (χ1) is 8.70. The summed E-state index contributed by atoms with van der Waals surface area (Å²) in [7, 11) is 4.01. The summed E-state index contributed by atoms with van der Waals surface area (Å²) in [6.45, 7) is 1.91. The average molecular weight is 247 g/mol. The van der Waals surface area contributed by atoms with Crippen molar-refractivity contribution in [2.75, 3.05) is 34.0 Å². The van der Waals surface area contributed by atoms with Crippen LogP contribution in [0.2, 0.25) is 0 Å². The molecule has 5 nitrogen and oxygen atoms in total. The second-order valence-electron chi connectivity index (χ2n) is 4.43. The number of hydrogen-bond acceptors (Lipinski definition) is 5. The highest BCUT2D eigenvalue weighted by molar-refractivity contribution is 5.46. The summed E-state index contributed by atoms with van der Waals surface area (Å²) in [5, 5.41) is 12.4. The molecule has 18 heavy (non-hydrogen) atoms. The Balaban J connectivity index is 2.02. The fraction of sp³-hybridized carbons (Fsp3) is 0.462. The van der Waals surface area contributed by atoms with Crippen LogP contribution >= 0.6 is 0 Å². The molecule has 0 radical (unpaired) electrons. The van der Waals surface area contributed by atoms with Crippen molar-refractivity contribution in [3.63, 3.8) is 0 Å². The molecule has 2 rings (SSSR count). The highest BCUT2D eigenvalue weighted by Crippen LogP contribution is 2.33. The SMILES string of the molecule is CN(C)CCNC(C#N)c1ccc2c(c1)OCO2. The predicted octanol–water partition coefficient (Wildman–Crippen LogP) is 1.13. The van der Waals surface area contributed by atoms with E-state index in [2.05, 4.69) is 16.3 Å². The minimum absolute atomic E-state index is 0.254. The second kappa shape index (κ2) is 5.71. The molecule has 0 amide bonds. The molecule has 1 N–H and O–H groups in total. The Morgan fingerprint density at radius 3 is 2.89 bits per heavy atom. The molecule has 0 bridgehead atoms. The molecule has 96 valence electrons. The Labute approximate surface area is 107 Å². The van der Waals surface area contributed by atoms with Gasteiger partial charge in [-0.1, -0.05) is 6.07 Å². The van der Waals surface area contributed by atoms with Gasteiger partial charge in [-0.2, -0.15) is 5.26 Å². The third-order valence-electron chi connectivity index (χ3n) is 2.77. The molecule has 0 fully saturated rings. The van der Waals surface area contributed by atoms with Crippen molar-refractivity contribution in [1.82, 2.24) is 10.2 Å². The van der Waals surface area contributed by atoms with E-state index in [1.807, 2.05) is 32.3 Å². The monoisotopic (exact) mass is 247 g/mol. The van der Waals surface area contributed by atoms with Gasteiger partial charge in [-0.3, -0.25) is 5.32 Å². The van der Waals surface area contributed by atoms with Gasteiger partial charge in [0, 0.05) is 13.1 Å². The Morgan fingerprint density at radius 1 is 1.39 bits per heavy atom. The van der Waals surface area contributed by atoms with Gasteiger partial charge < -0.3 is 14.4 Å². The Hall–Kier alpha value is -1.77. The van der Waals surface area contributed by atoms with Crippen molar-refractivity contribution in [1.29, 1.82) is 5.26 Å². The number of likely N-dealkylation sites (N-methyl/N-ethyl adjacent to an activating group) is 1. The van der Waals surface area contributed by atoms with E-state index >= 15 is 0 Å². The molecule has 1 atom stereocenters. The summed E-state index contributed by atoms with van der Waals surface area (Å²) in [6, 6.07) is 7.53. The molecule has 0 aromatic heterocycles. The number of fused-ring (bicyclic) bond motifs is 1. The maximum atomic E-state index is 9.20. The van der Waals surface area contributed by atoms with E-state index in [1.165, 1.54) is 0 Å². The van der Waals surface area contributed by atoms with E-state index < -0.39 is 0 Å². The summed E-state index contributed by atoms with van der Waals surface area (Å²) in [5.41, 5.74) is 0.903. The zero-order valence-electron chi connectivity index (χ0n) is 10.6. The van der Waals surface area contributed by atoms with Crippen LogP contribution in [0.25, 0.3) is 0 Å². The molecule has 0 saturated carbocycles. The molecular formula is C13H17N3O2. The van der Waals surface area contributed by atoms with E-state index in [9.17, 15) is 5.26 Å². The molecule has 0 saturated heterocycles. The topological polar surface area (TPSA) is 57.5 Å². The van der Waals surface area contributed by atoms with Crippen molar-refractivity contribution in [2.24, 2.45) is 0 Å². The van der Waals surface area contributed by atoms with E-state index in [1.54, 1.807) is 0 Å². The number of nitrogens with zero attached hydrogens (tertiary/aromatic N) is 2. The quantitative estimate of drug-likeness (QED) is 0.845. The van der Waals surface area contributed by atoms with Crippen LogP contribution in [0.1, 0.15) is 11.6 Å². The number of nitriles is 1. The van der Waals surface area contributed by atoms with Crippen LogP contribution in [-0.4, -0.2) is 38.9 Å². The third kappa shape index (κ3) is 2.92. The van der Waals surface area contributed by atoms with Crippen LogP contribution in [0, 0.1) is 11.3 Å². The third-order valence-corrected chi connectivity index (χ3v) is 2.77. The lowest BCUT2D eigenvalue weighted by Gasteiger charge is -2.14. The van der Waals surface area contributed by atoms with E-state index in [0.29, 0.717) is 5.75 Å². The molecule has 1 aromatic carbocycles. The first-order valence-corrected chi connectivity index (χ1v) is 5.88. The molecular weight excluding hydrogens is 230 g/mol. The van der Waals surface area contributed by atoms with Gasteiger partial charge in [0.15, 0.2) is 11.5 Å². The molecule has 1 aliphatic rings. The number of rotatable bonds is 5. The maximum Gasteiger partial charge on any atom is 0.231 e. The highest BCUT2D eigenvalue weighted by atomic mass is 16.7. The van der Waals surface area contributed by atoms with Gasteiger partial charge in [-0.25, -0.2) is 0 Å². The summed E-state index contributed by atoms with van der Waals surface area (Å²) in [5.74, 6) is 1.45. The van der Waals surface area contributed by atoms with Gasteiger partial charge in [-0.05, 0) is 31.8 Å². The fourth-order valence-corrected chi connectivity index (χ4v) is 1.76. The minimum atomic E-state index is -0.320. The summed E-state index contributed by atoms with van der Waals surface area (Å²) in [4.78, 5) is 2.07. The lowest BCUT2D eigenvalue weighted by atomic mass is 10.1. The maximum absolute atomic E-state index is 9.20. The lowest BCUT2D eigenvalue weighted by Crippen LogP contribution is -2.29. The van der Waals surface area contributed by atoms with Gasteiger partial charge in [0.25, 0.3) is 0 Å². The highest BCUT2D eigenvalue weighted by Gasteiger charge is 2.17. The van der Waals surface area contributed by atoms with E-state index in [0.717, 1.165) is 24.4 Å². The van der Waals surface area contributed by atoms with Crippen molar-refractivity contribution >= 4 is 0 Å². The molecule has 1 heterocycles. The Morgan fingerprint density at radius 2 is 2.17 bits per heavy atom. The number of hydrogen-bond donors (Lipinski definition) is 1. The Kier molecular flexibility index (Phi) is 4.03. The zero-order chi connectivity index (χ0) is 13.0. The van der Waals surface area contributed by atoms with Gasteiger partial charge >= 0.3 is 0 Å². The van der Waals surface area contributed by atoms with Crippen LogP contribution < -0.4 is 14.8 Å². The molecule has 5 heteroatoms. The van der Waals surface area contributed by atoms with Crippen LogP contribution in [-0.2, 0) is 0 Å². The standard InChI is InChI=1S/C13H17N3O2/c1-16(2)6-5-15-11(8-14)10-3-4-12-13(7-10)18-9-17-12/h3-4,7,11,15H,5-6,9H2,1-2H3. The van der Waals surface area contributed by atoms with Crippen molar-refractivity contribution in [3.05, 3.63) is 23.8 Å². The van der Waals surface area contributed by atoms with Gasteiger partial charge in [-0.15, -0.1) is 0 Å². The van der Waals surface area contributed by atoms with Gasteiger partial charge in [0.05, 0.1) is 6.07 Å². The van der Waals surface area contributed by atoms with Crippen LogP contribution in [0.5, 0.6) is 11.5 Å². The van der Waals surface area contributed by atoms with Crippen LogP contribution in [0.3, 0.4) is 0 Å². The zero-order valence-corrected chi connectivity index (χ0v) is 10.6. The van der Waals surface area contributed by atoms with Crippen LogP contribution in [0.4, 0.5) is 0 Å². The van der Waals surface area contributed by atoms with E-state index in [4.69, 9.17) is 9.47 Å². The summed E-state index contributed by atoms with van der Waals surface area (Å²) < 4.78 is 10.6. The average Bonchev–Trinajstić information content (AvgIpc) is 2.81. The number of nitrogens with one attached hydrogen (secondary N) is 1. The summed E-state index contributed by atoms with van der Waals surface area (Å²) >= 11 is 0. The minimum Gasteiger partial charge on any atom is -0.454 e. The molecule has 1 aliphatic heterocycles. The first-order valence-electron chi connectivity index (χ1n) is 5.88. The van der Waals surface area contributed by atoms with Gasteiger partial charge in [0.2, 0.25) is 6.79 Å². The van der Waals surface area contributed by atoms with E-state index in [-0.39, 0.29) is 12.8 Å². The van der Waals surface area contributed by atoms with Crippen molar-refractivity contribution in [3.8, 4) is 17.6 Å². The lowest BCUT2D eigenvalue weighted by molar-refractivity contribution is 0.174. The van der Waals surface area contributed by atoms with Crippen molar-refractivity contribution in [2.45, 2.75) is 6.04 Å². The Bertz CT molecular complexity index is 454. The first kappa shape index (κ1) is 12.7. The second-order valence-corrected chi connectivity index (χ2v) is 4.43. The molecule has 1 unspecified atom stereocenters. The molecule has 1 aromatic rings. The fourth-order valence-electron chi connectivity index (χ4n) is 1.76. The van der Waals surface area contributed by atoms with Gasteiger partial charge in [0.1, 0.15) is 6.04 Å². The molecule has 0 spiro atoms. The number of benzene rings is 1. The number of ether oxygens (including phenoxy) is 2. The predicted molar refractivity (Wildman–Crippen MR) is 67.5 cm³/mol.